The van der Waals surface area contributed by atoms with Crippen LogP contribution < -0.4 is 10.5 Å². The number of halogens is 1. The Bertz CT molecular complexity index is 958. The summed E-state index contributed by atoms with van der Waals surface area (Å²) in [5, 5.41) is 7.81. The number of H-pyrrole nitrogens is 2. The Morgan fingerprint density at radius 1 is 1.30 bits per heavy atom. The Hall–Kier alpha value is -2.60. The molecule has 1 aromatic carbocycles. The molecule has 23 heavy (non-hydrogen) atoms. The number of aromatic amines is 2. The number of anilines is 1. The Labute approximate surface area is 136 Å². The van der Waals surface area contributed by atoms with E-state index in [9.17, 15) is 4.79 Å². The van der Waals surface area contributed by atoms with Crippen LogP contribution in [-0.4, -0.2) is 33.3 Å². The lowest BCUT2D eigenvalue weighted by Gasteiger charge is -2.27. The molecule has 0 radical (unpaired) electrons. The van der Waals surface area contributed by atoms with E-state index >= 15 is 0 Å². The molecule has 2 aromatic heterocycles. The number of rotatable bonds is 2. The van der Waals surface area contributed by atoms with Crippen LogP contribution in [0.3, 0.4) is 0 Å². The number of hydrogen-bond acceptors (Lipinski definition) is 4. The Kier molecular flexibility index (Phi) is 3.38. The van der Waals surface area contributed by atoms with Crippen LogP contribution >= 0.6 is 11.6 Å². The van der Waals surface area contributed by atoms with Crippen molar-refractivity contribution < 1.29 is 0 Å². The van der Waals surface area contributed by atoms with Gasteiger partial charge < -0.3 is 4.90 Å². The van der Waals surface area contributed by atoms with Crippen molar-refractivity contribution in [3.05, 3.63) is 57.5 Å². The van der Waals surface area contributed by atoms with Gasteiger partial charge in [0.1, 0.15) is 5.39 Å². The van der Waals surface area contributed by atoms with Crippen molar-refractivity contribution in [2.75, 3.05) is 18.0 Å². The van der Waals surface area contributed by atoms with Crippen molar-refractivity contribution in [3.8, 4) is 0 Å². The maximum atomic E-state index is 12.0. The summed E-state index contributed by atoms with van der Waals surface area (Å²) in [4.78, 5) is 21.3. The molecule has 3 aromatic rings. The maximum Gasteiger partial charge on any atom is 0.263 e. The number of hydrogen-bond donors (Lipinski definition) is 2. The number of benzene rings is 1. The van der Waals surface area contributed by atoms with Crippen molar-refractivity contribution in [1.29, 1.82) is 0 Å². The molecule has 0 bridgehead atoms. The molecule has 0 spiro atoms. The molecule has 0 fully saturated rings. The number of fused-ring (bicyclic) bond motifs is 1. The van der Waals surface area contributed by atoms with E-state index in [1.54, 1.807) is 0 Å². The molecule has 1 aliphatic heterocycles. The highest BCUT2D eigenvalue weighted by Gasteiger charge is 2.16. The second kappa shape index (κ2) is 5.55. The zero-order valence-corrected chi connectivity index (χ0v) is 13.0. The smallest absolute Gasteiger partial charge is 0.263 e. The summed E-state index contributed by atoms with van der Waals surface area (Å²) < 4.78 is 0. The first-order valence-corrected chi connectivity index (χ1v) is 7.72. The van der Waals surface area contributed by atoms with Gasteiger partial charge >= 0.3 is 0 Å². The molecule has 0 saturated carbocycles. The molecule has 116 valence electrons. The van der Waals surface area contributed by atoms with E-state index < -0.39 is 0 Å². The van der Waals surface area contributed by atoms with Gasteiger partial charge in [0.2, 0.25) is 5.95 Å². The molecule has 1 aliphatic rings. The van der Waals surface area contributed by atoms with E-state index in [0.29, 0.717) is 23.5 Å². The predicted octanol–water partition coefficient (Wildman–Crippen LogP) is 2.59. The fourth-order valence-corrected chi connectivity index (χ4v) is 2.99. The largest absolute Gasteiger partial charge is 0.338 e. The quantitative estimate of drug-likeness (QED) is 0.758. The summed E-state index contributed by atoms with van der Waals surface area (Å²) in [6.07, 6.45) is 4.50. The van der Waals surface area contributed by atoms with Crippen LogP contribution in [0.5, 0.6) is 0 Å². The van der Waals surface area contributed by atoms with Gasteiger partial charge in [-0.15, -0.1) is 0 Å². The summed E-state index contributed by atoms with van der Waals surface area (Å²) in [6, 6.07) is 7.86. The molecule has 3 heterocycles. The summed E-state index contributed by atoms with van der Waals surface area (Å²) >= 11 is 6.05. The third-order valence-corrected chi connectivity index (χ3v) is 4.25. The first-order valence-electron chi connectivity index (χ1n) is 7.34. The molecule has 6 nitrogen and oxygen atoms in total. The lowest BCUT2D eigenvalue weighted by molar-refractivity contribution is 0.796. The topological polar surface area (TPSA) is 77.7 Å². The molecule has 0 atom stereocenters. The molecule has 7 heteroatoms. The van der Waals surface area contributed by atoms with E-state index in [1.165, 1.54) is 11.8 Å². The van der Waals surface area contributed by atoms with Gasteiger partial charge in [0.25, 0.3) is 5.56 Å². The minimum absolute atomic E-state index is 0.177. The van der Waals surface area contributed by atoms with Crippen LogP contribution in [0.15, 0.2) is 41.3 Å². The second-order valence-corrected chi connectivity index (χ2v) is 5.89. The third-order valence-electron chi connectivity index (χ3n) is 4.01. The van der Waals surface area contributed by atoms with Crippen LogP contribution in [0.2, 0.25) is 5.02 Å². The maximum absolute atomic E-state index is 12.0. The summed E-state index contributed by atoms with van der Waals surface area (Å²) in [6.45, 7) is 1.46. The number of aromatic nitrogens is 4. The van der Waals surface area contributed by atoms with Gasteiger partial charge in [-0.1, -0.05) is 29.8 Å². The average molecular weight is 328 g/mol. The van der Waals surface area contributed by atoms with Gasteiger partial charge in [-0.2, -0.15) is 10.1 Å². The summed E-state index contributed by atoms with van der Waals surface area (Å²) in [5.41, 5.74) is 2.73. The van der Waals surface area contributed by atoms with Crippen molar-refractivity contribution in [2.45, 2.75) is 6.42 Å². The SMILES string of the molecule is O=c1[nH]c(N2CC=C(c3cccc(Cl)c3)CC2)nc2[nH]ncc12. The molecule has 0 aliphatic carbocycles. The van der Waals surface area contributed by atoms with Crippen molar-refractivity contribution in [1.82, 2.24) is 20.2 Å². The zero-order valence-electron chi connectivity index (χ0n) is 12.2. The van der Waals surface area contributed by atoms with Crippen LogP contribution in [0.1, 0.15) is 12.0 Å². The molecule has 0 saturated heterocycles. The lowest BCUT2D eigenvalue weighted by atomic mass is 10.00. The van der Waals surface area contributed by atoms with Gasteiger partial charge in [-0.05, 0) is 29.7 Å². The highest BCUT2D eigenvalue weighted by atomic mass is 35.5. The highest BCUT2D eigenvalue weighted by Crippen LogP contribution is 2.25. The molecular weight excluding hydrogens is 314 g/mol. The molecule has 2 N–H and O–H groups in total. The van der Waals surface area contributed by atoms with Crippen LogP contribution in [0, 0.1) is 0 Å². The predicted molar refractivity (Wildman–Crippen MR) is 90.8 cm³/mol. The summed E-state index contributed by atoms with van der Waals surface area (Å²) in [7, 11) is 0. The normalized spacial score (nSPS) is 15.0. The average Bonchev–Trinajstić information content (AvgIpc) is 3.04. The van der Waals surface area contributed by atoms with Crippen molar-refractivity contribution in [3.63, 3.8) is 0 Å². The first kappa shape index (κ1) is 14.0. The van der Waals surface area contributed by atoms with E-state index in [2.05, 4.69) is 32.3 Å². The van der Waals surface area contributed by atoms with Crippen LogP contribution in [-0.2, 0) is 0 Å². The Morgan fingerprint density at radius 2 is 2.22 bits per heavy atom. The van der Waals surface area contributed by atoms with E-state index in [0.717, 1.165) is 23.6 Å². The van der Waals surface area contributed by atoms with E-state index in [4.69, 9.17) is 11.6 Å². The van der Waals surface area contributed by atoms with E-state index in [-0.39, 0.29) is 5.56 Å². The minimum atomic E-state index is -0.177. The van der Waals surface area contributed by atoms with Crippen molar-refractivity contribution >= 4 is 34.2 Å². The van der Waals surface area contributed by atoms with Gasteiger partial charge in [0.05, 0.1) is 6.20 Å². The van der Waals surface area contributed by atoms with Crippen LogP contribution in [0.25, 0.3) is 16.6 Å². The number of nitrogens with one attached hydrogen (secondary N) is 2. The van der Waals surface area contributed by atoms with Crippen LogP contribution in [0.4, 0.5) is 5.95 Å². The fraction of sp³-hybridized carbons (Fsp3) is 0.188. The Balaban J connectivity index is 1.61. The van der Waals surface area contributed by atoms with Crippen molar-refractivity contribution in [2.24, 2.45) is 0 Å². The standard InChI is InChI=1S/C16H14ClN5O/c17-12-3-1-2-11(8-12)10-4-6-22(7-5-10)16-19-14-13(9-18-21-14)15(23)20-16/h1-4,8-9H,5-7H2,(H2,18,19,20,21,23). The van der Waals surface area contributed by atoms with E-state index in [1.807, 2.05) is 23.1 Å². The van der Waals surface area contributed by atoms with Gasteiger partial charge in [-0.3, -0.25) is 14.9 Å². The second-order valence-electron chi connectivity index (χ2n) is 5.46. The fourth-order valence-electron chi connectivity index (χ4n) is 2.80. The highest BCUT2D eigenvalue weighted by molar-refractivity contribution is 6.30. The molecular formula is C16H14ClN5O. The first-order chi connectivity index (χ1) is 11.2. The monoisotopic (exact) mass is 327 g/mol. The third kappa shape index (κ3) is 2.61. The molecule has 0 unspecified atom stereocenters. The Morgan fingerprint density at radius 3 is 3.00 bits per heavy atom. The zero-order chi connectivity index (χ0) is 15.8. The molecule has 4 rings (SSSR count). The summed E-state index contributed by atoms with van der Waals surface area (Å²) in [5.74, 6) is 0.563. The van der Waals surface area contributed by atoms with Gasteiger partial charge in [-0.25, -0.2) is 0 Å². The molecule has 0 amide bonds. The van der Waals surface area contributed by atoms with Gasteiger partial charge in [0, 0.05) is 18.1 Å². The lowest BCUT2D eigenvalue weighted by Crippen LogP contribution is -2.31. The minimum Gasteiger partial charge on any atom is -0.338 e. The van der Waals surface area contributed by atoms with Gasteiger partial charge in [0.15, 0.2) is 5.65 Å². The number of nitrogens with zero attached hydrogens (tertiary/aromatic N) is 3.